The third-order valence-electron chi connectivity index (χ3n) is 6.18. The Balaban J connectivity index is 1.30. The molecule has 4 rings (SSSR count). The lowest BCUT2D eigenvalue weighted by Gasteiger charge is -2.59. The quantitative estimate of drug-likeness (QED) is 0.576. The van der Waals surface area contributed by atoms with Crippen LogP contribution in [-0.2, 0) is 22.5 Å². The van der Waals surface area contributed by atoms with Gasteiger partial charge in [-0.25, -0.2) is 4.39 Å². The molecule has 2 aromatic rings. The Labute approximate surface area is 192 Å². The molecule has 11 heteroatoms. The van der Waals surface area contributed by atoms with Crippen LogP contribution in [-0.4, -0.2) is 66.9 Å². The Morgan fingerprint density at radius 1 is 1.15 bits per heavy atom. The van der Waals surface area contributed by atoms with Crippen LogP contribution in [0.1, 0.15) is 11.3 Å². The predicted molar refractivity (Wildman–Crippen MR) is 111 cm³/mol. The first-order valence-electron chi connectivity index (χ1n) is 10.7. The number of hydrogen-bond donors (Lipinski definition) is 1. The van der Waals surface area contributed by atoms with E-state index >= 15 is 0 Å². The van der Waals surface area contributed by atoms with Gasteiger partial charge in [0, 0.05) is 31.4 Å². The van der Waals surface area contributed by atoms with Crippen molar-refractivity contribution in [3.05, 3.63) is 53.9 Å². The number of benzene rings is 1. The number of carbonyl (C=O) groups excluding carboxylic acids is 1. The maximum Gasteiger partial charge on any atom is 0.415 e. The van der Waals surface area contributed by atoms with Crippen molar-refractivity contribution in [1.29, 1.82) is 0 Å². The molecule has 2 aliphatic heterocycles. The first kappa shape index (κ1) is 24.5. The Bertz CT molecular complexity index is 991. The normalized spacial score (nSPS) is 20.6. The molecule has 3 heterocycles. The van der Waals surface area contributed by atoms with Crippen LogP contribution in [0.4, 0.5) is 26.3 Å². The van der Waals surface area contributed by atoms with Gasteiger partial charge in [0.05, 0.1) is 23.8 Å². The Hall–Kier alpha value is -2.66. The van der Waals surface area contributed by atoms with E-state index in [-0.39, 0.29) is 13.0 Å². The van der Waals surface area contributed by atoms with Gasteiger partial charge in [-0.1, -0.05) is 30.3 Å². The van der Waals surface area contributed by atoms with Crippen LogP contribution in [0.25, 0.3) is 11.1 Å². The molecule has 2 fully saturated rings. The highest BCUT2D eigenvalue weighted by molar-refractivity contribution is 5.79. The summed E-state index contributed by atoms with van der Waals surface area (Å²) in [5.74, 6) is -1.50. The molecule has 2 saturated heterocycles. The number of nitrogens with zero attached hydrogens (tertiary/aromatic N) is 2. The lowest BCUT2D eigenvalue weighted by Crippen LogP contribution is -2.73. The standard InChI is InChI=1S/C23H23F6N3O2/c24-8-18(31-20(33)19(25)26)7-14-1-3-15(4-2-14)16-5-6-17(30-9-16)10-32-11-22(12-32)13-34-21(22)23(27,28)29/h1-6,9,18-19,21H,7-8,10-13H2,(H,31,33). The molecule has 0 saturated carbocycles. The van der Waals surface area contributed by atoms with E-state index in [0.717, 1.165) is 16.8 Å². The van der Waals surface area contributed by atoms with Gasteiger partial charge in [0.25, 0.3) is 5.91 Å². The highest BCUT2D eigenvalue weighted by Crippen LogP contribution is 2.50. The fourth-order valence-electron chi connectivity index (χ4n) is 4.50. The number of aromatic nitrogens is 1. The number of likely N-dealkylation sites (tertiary alicyclic amines) is 1. The SMILES string of the molecule is O=C(NC(CF)Cc1ccc(-c2ccc(CN3CC4(COC4C(F)(F)F)C3)nc2)cc1)C(F)F. The zero-order chi connectivity index (χ0) is 24.5. The molecule has 2 unspecified atom stereocenters. The van der Waals surface area contributed by atoms with E-state index in [1.807, 2.05) is 22.3 Å². The Morgan fingerprint density at radius 3 is 2.32 bits per heavy atom. The van der Waals surface area contributed by atoms with Crippen molar-refractivity contribution in [3.63, 3.8) is 0 Å². The van der Waals surface area contributed by atoms with E-state index in [4.69, 9.17) is 4.74 Å². The largest absolute Gasteiger partial charge is 0.415 e. The molecule has 0 bridgehead atoms. The Kier molecular flexibility index (Phi) is 6.86. The number of rotatable bonds is 8. The van der Waals surface area contributed by atoms with Crippen LogP contribution >= 0.6 is 0 Å². The number of amides is 1. The average Bonchev–Trinajstić information content (AvgIpc) is 2.74. The molecule has 34 heavy (non-hydrogen) atoms. The Morgan fingerprint density at radius 2 is 1.82 bits per heavy atom. The topological polar surface area (TPSA) is 54.5 Å². The van der Waals surface area contributed by atoms with Crippen LogP contribution in [0.3, 0.4) is 0 Å². The summed E-state index contributed by atoms with van der Waals surface area (Å²) in [5, 5.41) is 1.97. The van der Waals surface area contributed by atoms with Gasteiger partial charge in [0.2, 0.25) is 0 Å². The number of carbonyl (C=O) groups is 1. The molecular weight excluding hydrogens is 464 g/mol. The summed E-state index contributed by atoms with van der Waals surface area (Å²) >= 11 is 0. The van der Waals surface area contributed by atoms with Gasteiger partial charge >= 0.3 is 12.6 Å². The summed E-state index contributed by atoms with van der Waals surface area (Å²) in [6, 6.07) is 9.63. The first-order chi connectivity index (χ1) is 16.1. The smallest absolute Gasteiger partial charge is 0.367 e. The molecular formula is C23H23F6N3O2. The van der Waals surface area contributed by atoms with E-state index in [2.05, 4.69) is 4.98 Å². The molecule has 1 aromatic heterocycles. The lowest BCUT2D eigenvalue weighted by molar-refractivity contribution is -0.351. The number of hydrogen-bond acceptors (Lipinski definition) is 4. The third-order valence-corrected chi connectivity index (χ3v) is 6.18. The van der Waals surface area contributed by atoms with Gasteiger partial charge in [-0.2, -0.15) is 22.0 Å². The second-order valence-corrected chi connectivity index (χ2v) is 8.84. The van der Waals surface area contributed by atoms with Gasteiger partial charge < -0.3 is 10.1 Å². The summed E-state index contributed by atoms with van der Waals surface area (Å²) in [6.07, 6.45) is -7.48. The monoisotopic (exact) mass is 487 g/mol. The van der Waals surface area contributed by atoms with Crippen LogP contribution in [0.2, 0.25) is 0 Å². The van der Waals surface area contributed by atoms with E-state index < -0.39 is 42.7 Å². The number of nitrogens with one attached hydrogen (secondary N) is 1. The molecule has 1 spiro atoms. The van der Waals surface area contributed by atoms with E-state index in [0.29, 0.717) is 25.2 Å². The van der Waals surface area contributed by atoms with Crippen molar-refractivity contribution in [1.82, 2.24) is 15.2 Å². The van der Waals surface area contributed by atoms with Gasteiger partial charge in [0.1, 0.15) is 6.67 Å². The van der Waals surface area contributed by atoms with Crippen LogP contribution in [0, 0.1) is 5.41 Å². The maximum absolute atomic E-state index is 13.1. The number of ether oxygens (including phenoxy) is 1. The average molecular weight is 487 g/mol. The van der Waals surface area contributed by atoms with Crippen LogP contribution in [0.15, 0.2) is 42.6 Å². The summed E-state index contributed by atoms with van der Waals surface area (Å²) in [6.45, 7) is 0.244. The van der Waals surface area contributed by atoms with Gasteiger partial charge in [-0.05, 0) is 23.6 Å². The maximum atomic E-state index is 13.1. The van der Waals surface area contributed by atoms with Crippen molar-refractivity contribution in [2.75, 3.05) is 26.4 Å². The summed E-state index contributed by atoms with van der Waals surface area (Å²) in [7, 11) is 0. The molecule has 5 nitrogen and oxygen atoms in total. The fraction of sp³-hybridized carbons (Fsp3) is 0.478. The number of alkyl halides is 6. The molecule has 1 aromatic carbocycles. The van der Waals surface area contributed by atoms with Crippen molar-refractivity contribution in [3.8, 4) is 11.1 Å². The molecule has 184 valence electrons. The van der Waals surface area contributed by atoms with Crippen molar-refractivity contribution in [2.45, 2.75) is 37.7 Å². The summed E-state index contributed by atoms with van der Waals surface area (Å²) < 4.78 is 81.4. The van der Waals surface area contributed by atoms with Gasteiger partial charge in [0.15, 0.2) is 6.10 Å². The van der Waals surface area contributed by atoms with Crippen molar-refractivity contribution < 1.29 is 35.9 Å². The minimum Gasteiger partial charge on any atom is -0.367 e. The second kappa shape index (κ2) is 9.53. The minimum atomic E-state index is -4.34. The lowest BCUT2D eigenvalue weighted by atomic mass is 9.71. The van der Waals surface area contributed by atoms with E-state index in [1.165, 1.54) is 0 Å². The highest BCUT2D eigenvalue weighted by Gasteiger charge is 2.65. The number of halogens is 6. The van der Waals surface area contributed by atoms with Crippen molar-refractivity contribution in [2.24, 2.45) is 5.41 Å². The summed E-state index contributed by atoms with van der Waals surface area (Å²) in [4.78, 5) is 17.4. The fourth-order valence-corrected chi connectivity index (χ4v) is 4.50. The first-order valence-corrected chi connectivity index (χ1v) is 10.7. The minimum absolute atomic E-state index is 0.0734. The van der Waals surface area contributed by atoms with Crippen LogP contribution in [0.5, 0.6) is 0 Å². The molecule has 0 radical (unpaired) electrons. The molecule has 2 aliphatic rings. The predicted octanol–water partition coefficient (Wildman–Crippen LogP) is 3.77. The molecule has 1 N–H and O–H groups in total. The second-order valence-electron chi connectivity index (χ2n) is 8.84. The molecule has 0 aliphatic carbocycles. The zero-order valence-corrected chi connectivity index (χ0v) is 18.0. The molecule has 1 amide bonds. The summed E-state index contributed by atoms with van der Waals surface area (Å²) in [5.41, 5.74) is 2.23. The van der Waals surface area contributed by atoms with Gasteiger partial charge in [-0.3, -0.25) is 14.7 Å². The zero-order valence-electron chi connectivity index (χ0n) is 18.0. The van der Waals surface area contributed by atoms with E-state index in [1.54, 1.807) is 30.5 Å². The van der Waals surface area contributed by atoms with E-state index in [9.17, 15) is 31.1 Å². The third kappa shape index (κ3) is 5.20. The number of pyridine rings is 1. The van der Waals surface area contributed by atoms with Crippen molar-refractivity contribution >= 4 is 5.91 Å². The van der Waals surface area contributed by atoms with Gasteiger partial charge in [-0.15, -0.1) is 0 Å². The molecule has 2 atom stereocenters. The highest BCUT2D eigenvalue weighted by atomic mass is 19.4. The van der Waals surface area contributed by atoms with Crippen LogP contribution < -0.4 is 5.32 Å².